The Morgan fingerprint density at radius 1 is 1.00 bits per heavy atom. The molecule has 0 unspecified atom stereocenters. The summed E-state index contributed by atoms with van der Waals surface area (Å²) in [5.74, 6) is -0.318. The maximum atomic E-state index is 13.5. The van der Waals surface area contributed by atoms with Crippen LogP contribution in [0.15, 0.2) is 48.2 Å². The molecule has 2 aromatic carbocycles. The predicted molar refractivity (Wildman–Crippen MR) is 114 cm³/mol. The second-order valence-corrected chi connectivity index (χ2v) is 6.76. The number of rotatable bonds is 10. The largest absolute Gasteiger partial charge is 0.497 e. The number of hydrogen-bond acceptors (Lipinski definition) is 6. The minimum absolute atomic E-state index is 0.0968. The molecule has 0 atom stereocenters. The van der Waals surface area contributed by atoms with Crippen molar-refractivity contribution in [2.45, 2.75) is 13.3 Å². The standard InChI is InChI=1S/C23H25FN2O5/c1-4-31-13-5-12-26-22(27)20(15-6-8-16(24)9-7-15)21(23(26)28)25-18-14-17(29-2)10-11-19(18)30-3/h6-11,14,25H,4-5,12-13H2,1-3H3. The molecule has 1 N–H and O–H groups in total. The summed E-state index contributed by atoms with van der Waals surface area (Å²) in [7, 11) is 3.03. The highest BCUT2D eigenvalue weighted by Gasteiger charge is 2.39. The molecule has 3 rings (SSSR count). The minimum atomic E-state index is -0.467. The van der Waals surface area contributed by atoms with E-state index in [1.54, 1.807) is 18.2 Å². The van der Waals surface area contributed by atoms with Gasteiger partial charge in [-0.1, -0.05) is 12.1 Å². The summed E-state index contributed by atoms with van der Waals surface area (Å²) in [6, 6.07) is 10.5. The summed E-state index contributed by atoms with van der Waals surface area (Å²) in [6.45, 7) is 3.09. The number of benzene rings is 2. The van der Waals surface area contributed by atoms with Gasteiger partial charge in [0.25, 0.3) is 11.8 Å². The van der Waals surface area contributed by atoms with Gasteiger partial charge in [0.2, 0.25) is 0 Å². The van der Waals surface area contributed by atoms with E-state index in [4.69, 9.17) is 14.2 Å². The predicted octanol–water partition coefficient (Wildman–Crippen LogP) is 3.46. The molecule has 0 bridgehead atoms. The third kappa shape index (κ3) is 4.86. The van der Waals surface area contributed by atoms with Crippen LogP contribution in [0.1, 0.15) is 18.9 Å². The molecule has 1 aliphatic heterocycles. The van der Waals surface area contributed by atoms with Gasteiger partial charge in [-0.05, 0) is 43.2 Å². The van der Waals surface area contributed by atoms with Crippen molar-refractivity contribution in [3.05, 3.63) is 59.5 Å². The zero-order chi connectivity index (χ0) is 22.4. The number of carbonyl (C=O) groups is 2. The van der Waals surface area contributed by atoms with Crippen LogP contribution in [-0.4, -0.2) is 50.7 Å². The van der Waals surface area contributed by atoms with Crippen molar-refractivity contribution in [3.8, 4) is 11.5 Å². The molecule has 0 spiro atoms. The lowest BCUT2D eigenvalue weighted by molar-refractivity contribution is -0.137. The van der Waals surface area contributed by atoms with E-state index in [-0.39, 0.29) is 17.8 Å². The van der Waals surface area contributed by atoms with Crippen LogP contribution in [0.2, 0.25) is 0 Å². The normalized spacial score (nSPS) is 13.7. The second-order valence-electron chi connectivity index (χ2n) is 6.76. The van der Waals surface area contributed by atoms with E-state index < -0.39 is 17.6 Å². The zero-order valence-electron chi connectivity index (χ0n) is 17.7. The number of nitrogens with zero attached hydrogens (tertiary/aromatic N) is 1. The van der Waals surface area contributed by atoms with Crippen molar-refractivity contribution >= 4 is 23.1 Å². The molecule has 0 radical (unpaired) electrons. The highest BCUT2D eigenvalue weighted by Crippen LogP contribution is 2.35. The fourth-order valence-electron chi connectivity index (χ4n) is 3.29. The fraction of sp³-hybridized carbons (Fsp3) is 0.304. The number of hydrogen-bond donors (Lipinski definition) is 1. The van der Waals surface area contributed by atoms with Gasteiger partial charge in [0.1, 0.15) is 23.0 Å². The summed E-state index contributed by atoms with van der Waals surface area (Å²) in [4.78, 5) is 27.5. The number of amides is 2. The van der Waals surface area contributed by atoms with Gasteiger partial charge in [-0.25, -0.2) is 4.39 Å². The van der Waals surface area contributed by atoms with Crippen LogP contribution in [0.4, 0.5) is 10.1 Å². The van der Waals surface area contributed by atoms with Gasteiger partial charge in [0, 0.05) is 25.8 Å². The van der Waals surface area contributed by atoms with E-state index in [2.05, 4.69) is 5.32 Å². The van der Waals surface area contributed by atoms with E-state index in [0.717, 1.165) is 0 Å². The quantitative estimate of drug-likeness (QED) is 0.461. The van der Waals surface area contributed by atoms with Gasteiger partial charge in [0.05, 0.1) is 25.5 Å². The van der Waals surface area contributed by atoms with Crippen molar-refractivity contribution in [2.75, 3.05) is 39.3 Å². The van der Waals surface area contributed by atoms with E-state index in [1.807, 2.05) is 6.92 Å². The first-order chi connectivity index (χ1) is 15.0. The summed E-state index contributed by atoms with van der Waals surface area (Å²) < 4.78 is 29.4. The second kappa shape index (κ2) is 10.1. The monoisotopic (exact) mass is 428 g/mol. The Morgan fingerprint density at radius 3 is 2.39 bits per heavy atom. The lowest BCUT2D eigenvalue weighted by atomic mass is 10.0. The number of nitrogens with one attached hydrogen (secondary N) is 1. The highest BCUT2D eigenvalue weighted by molar-refractivity contribution is 6.36. The lowest BCUT2D eigenvalue weighted by Gasteiger charge is -2.16. The number of imide groups is 1. The van der Waals surface area contributed by atoms with Crippen molar-refractivity contribution in [2.24, 2.45) is 0 Å². The van der Waals surface area contributed by atoms with Crippen LogP contribution < -0.4 is 14.8 Å². The molecule has 1 aliphatic rings. The Balaban J connectivity index is 2.00. The number of methoxy groups -OCH3 is 2. The summed E-state index contributed by atoms with van der Waals surface area (Å²) >= 11 is 0. The molecule has 0 fully saturated rings. The van der Waals surface area contributed by atoms with Gasteiger partial charge in [-0.2, -0.15) is 0 Å². The number of ether oxygens (including phenoxy) is 3. The fourth-order valence-corrected chi connectivity index (χ4v) is 3.29. The van der Waals surface area contributed by atoms with Gasteiger partial charge in [0.15, 0.2) is 0 Å². The van der Waals surface area contributed by atoms with Crippen LogP contribution in [0.25, 0.3) is 5.57 Å². The minimum Gasteiger partial charge on any atom is -0.497 e. The van der Waals surface area contributed by atoms with Crippen LogP contribution in [-0.2, 0) is 14.3 Å². The topological polar surface area (TPSA) is 77.1 Å². The van der Waals surface area contributed by atoms with Crippen molar-refractivity contribution < 1.29 is 28.2 Å². The smallest absolute Gasteiger partial charge is 0.278 e. The number of carbonyl (C=O) groups excluding carboxylic acids is 2. The summed E-state index contributed by atoms with van der Waals surface area (Å²) in [5.41, 5.74) is 1.18. The molecule has 8 heteroatoms. The zero-order valence-corrected chi connectivity index (χ0v) is 17.7. The lowest BCUT2D eigenvalue weighted by Crippen LogP contribution is -2.34. The third-order valence-corrected chi connectivity index (χ3v) is 4.84. The molecule has 2 aromatic rings. The highest BCUT2D eigenvalue weighted by atomic mass is 19.1. The molecule has 164 valence electrons. The van der Waals surface area contributed by atoms with E-state index >= 15 is 0 Å². The number of anilines is 1. The van der Waals surface area contributed by atoms with Crippen LogP contribution in [0.5, 0.6) is 11.5 Å². The first-order valence-electron chi connectivity index (χ1n) is 9.93. The summed E-state index contributed by atoms with van der Waals surface area (Å²) in [6.07, 6.45) is 0.512. The first kappa shape index (κ1) is 22.3. The molecular formula is C23H25FN2O5. The Labute approximate surface area is 180 Å². The molecular weight excluding hydrogens is 403 g/mol. The Hall–Kier alpha value is -3.39. The molecule has 0 aliphatic carbocycles. The maximum Gasteiger partial charge on any atom is 0.278 e. The Morgan fingerprint density at radius 2 is 1.74 bits per heavy atom. The van der Waals surface area contributed by atoms with E-state index in [0.29, 0.717) is 42.4 Å². The Bertz CT molecular complexity index is 988. The average Bonchev–Trinajstić information content (AvgIpc) is 3.01. The first-order valence-corrected chi connectivity index (χ1v) is 9.93. The van der Waals surface area contributed by atoms with Crippen LogP contribution in [0.3, 0.4) is 0 Å². The van der Waals surface area contributed by atoms with Gasteiger partial charge >= 0.3 is 0 Å². The van der Waals surface area contributed by atoms with Crippen molar-refractivity contribution in [3.63, 3.8) is 0 Å². The van der Waals surface area contributed by atoms with Crippen LogP contribution >= 0.6 is 0 Å². The van der Waals surface area contributed by atoms with E-state index in [9.17, 15) is 14.0 Å². The SMILES string of the molecule is CCOCCCN1C(=O)C(Nc2cc(OC)ccc2OC)=C(c2ccc(F)cc2)C1=O. The Kier molecular flexibility index (Phi) is 7.25. The van der Waals surface area contributed by atoms with Crippen LogP contribution in [0, 0.1) is 5.82 Å². The van der Waals surface area contributed by atoms with E-state index in [1.165, 1.54) is 43.4 Å². The molecule has 1 heterocycles. The van der Waals surface area contributed by atoms with Gasteiger partial charge < -0.3 is 19.5 Å². The average molecular weight is 428 g/mol. The molecule has 0 aromatic heterocycles. The third-order valence-electron chi connectivity index (χ3n) is 4.84. The molecule has 2 amide bonds. The van der Waals surface area contributed by atoms with Gasteiger partial charge in [-0.3, -0.25) is 14.5 Å². The molecule has 7 nitrogen and oxygen atoms in total. The maximum absolute atomic E-state index is 13.5. The van der Waals surface area contributed by atoms with Gasteiger partial charge in [-0.15, -0.1) is 0 Å². The van der Waals surface area contributed by atoms with Crippen molar-refractivity contribution in [1.29, 1.82) is 0 Å². The van der Waals surface area contributed by atoms with Crippen molar-refractivity contribution in [1.82, 2.24) is 4.90 Å². The molecule has 0 saturated carbocycles. The number of halogens is 1. The molecule has 31 heavy (non-hydrogen) atoms. The molecule has 0 saturated heterocycles. The summed E-state index contributed by atoms with van der Waals surface area (Å²) in [5, 5.41) is 3.05.